The molecule has 1 atom stereocenters. The molecule has 0 radical (unpaired) electrons. The fourth-order valence-corrected chi connectivity index (χ4v) is 2.74. The number of nitrogens with one attached hydrogen (secondary N) is 2. The van der Waals surface area contributed by atoms with Gasteiger partial charge in [0.25, 0.3) is 0 Å². The summed E-state index contributed by atoms with van der Waals surface area (Å²) in [6.45, 7) is 4.13. The predicted molar refractivity (Wildman–Crippen MR) is 69.9 cm³/mol. The summed E-state index contributed by atoms with van der Waals surface area (Å²) in [6.07, 6.45) is 0.803. The van der Waals surface area contributed by atoms with Gasteiger partial charge >= 0.3 is 6.03 Å². The van der Waals surface area contributed by atoms with Gasteiger partial charge in [-0.15, -0.1) is 0 Å². The second-order valence-corrected chi connectivity index (χ2v) is 5.28. The number of rotatable bonds is 0. The van der Waals surface area contributed by atoms with Crippen LogP contribution in [0.5, 0.6) is 0 Å². The molecule has 0 bridgehead atoms. The van der Waals surface area contributed by atoms with Crippen molar-refractivity contribution in [2.24, 2.45) is 4.99 Å². The minimum atomic E-state index is -0.157. The molecule has 1 aromatic carbocycles. The maximum Gasteiger partial charge on any atom is 0.320 e. The van der Waals surface area contributed by atoms with Gasteiger partial charge in [-0.25, -0.2) is 9.79 Å². The Morgan fingerprint density at radius 1 is 1.47 bits per heavy atom. The summed E-state index contributed by atoms with van der Waals surface area (Å²) >= 11 is 3.59. The molecule has 0 spiro atoms. The van der Waals surface area contributed by atoms with Gasteiger partial charge in [0.15, 0.2) is 0 Å². The van der Waals surface area contributed by atoms with Crippen LogP contribution in [-0.4, -0.2) is 17.9 Å². The zero-order valence-corrected chi connectivity index (χ0v) is 11.2. The number of amides is 2. The second kappa shape index (κ2) is 3.57. The van der Waals surface area contributed by atoms with E-state index in [1.807, 2.05) is 0 Å². The standard InChI is InChI=1S/C12H12BrN3O/c1-5-3-8-7(6(2)10(5)13)4-9-11(14-8)16-12(17)15-9/h3,9H,4H2,1-2H3,(H2,14,15,16,17). The number of hydrogen-bond donors (Lipinski definition) is 2. The lowest BCUT2D eigenvalue weighted by Crippen LogP contribution is -2.33. The largest absolute Gasteiger partial charge is 0.328 e. The maximum absolute atomic E-state index is 11.3. The highest BCUT2D eigenvalue weighted by Crippen LogP contribution is 2.35. The van der Waals surface area contributed by atoms with Gasteiger partial charge in [0.05, 0.1) is 11.7 Å². The van der Waals surface area contributed by atoms with Crippen molar-refractivity contribution in [1.82, 2.24) is 10.6 Å². The molecule has 3 rings (SSSR count). The van der Waals surface area contributed by atoms with Gasteiger partial charge in [0.2, 0.25) is 0 Å². The van der Waals surface area contributed by atoms with Crippen molar-refractivity contribution in [1.29, 1.82) is 0 Å². The first-order valence-electron chi connectivity index (χ1n) is 5.51. The molecular weight excluding hydrogens is 282 g/mol. The molecule has 0 aromatic heterocycles. The van der Waals surface area contributed by atoms with Crippen LogP contribution >= 0.6 is 15.9 Å². The highest BCUT2D eigenvalue weighted by Gasteiger charge is 2.32. The van der Waals surface area contributed by atoms with Crippen LogP contribution in [0.3, 0.4) is 0 Å². The summed E-state index contributed by atoms with van der Waals surface area (Å²) in [7, 11) is 0. The zero-order valence-electron chi connectivity index (χ0n) is 9.60. The smallest absolute Gasteiger partial charge is 0.320 e. The normalized spacial score (nSPS) is 21.2. The first-order valence-corrected chi connectivity index (χ1v) is 6.30. The summed E-state index contributed by atoms with van der Waals surface area (Å²) in [5.74, 6) is 0.739. The Bertz CT molecular complexity index is 565. The molecule has 88 valence electrons. The Balaban J connectivity index is 2.15. The molecule has 2 aliphatic rings. The van der Waals surface area contributed by atoms with E-state index in [-0.39, 0.29) is 12.1 Å². The zero-order chi connectivity index (χ0) is 12.2. The number of urea groups is 1. The summed E-state index contributed by atoms with van der Waals surface area (Å²) in [4.78, 5) is 15.8. The van der Waals surface area contributed by atoms with Crippen LogP contribution in [0.1, 0.15) is 16.7 Å². The third kappa shape index (κ3) is 1.57. The van der Waals surface area contributed by atoms with E-state index in [1.165, 1.54) is 16.7 Å². The monoisotopic (exact) mass is 293 g/mol. The van der Waals surface area contributed by atoms with Gasteiger partial charge in [0, 0.05) is 10.9 Å². The number of benzene rings is 1. The molecule has 17 heavy (non-hydrogen) atoms. The fraction of sp³-hybridized carbons (Fsp3) is 0.333. The van der Waals surface area contributed by atoms with Crippen LogP contribution in [0, 0.1) is 13.8 Å². The number of hydrogen-bond acceptors (Lipinski definition) is 2. The van der Waals surface area contributed by atoms with Gasteiger partial charge in [0.1, 0.15) is 5.84 Å². The highest BCUT2D eigenvalue weighted by molar-refractivity contribution is 9.10. The average Bonchev–Trinajstić information content (AvgIpc) is 2.63. The Labute approximate surface area is 108 Å². The number of aliphatic imine (C=N–C) groups is 1. The van der Waals surface area contributed by atoms with E-state index in [0.717, 1.165) is 22.4 Å². The summed E-state index contributed by atoms with van der Waals surface area (Å²) in [6, 6.07) is 1.90. The number of aryl methyl sites for hydroxylation is 1. The van der Waals surface area contributed by atoms with Crippen LogP contribution in [0.2, 0.25) is 0 Å². The SMILES string of the molecule is Cc1cc2c(c(C)c1Br)CC1NC(=O)NC1=N2. The quantitative estimate of drug-likeness (QED) is 0.758. The number of carbonyl (C=O) groups excluding carboxylic acids is 1. The van der Waals surface area contributed by atoms with Crippen LogP contribution in [0.25, 0.3) is 0 Å². The lowest BCUT2D eigenvalue weighted by molar-refractivity contribution is 0.248. The number of halogens is 1. The first-order chi connectivity index (χ1) is 8.06. The van der Waals surface area contributed by atoms with Crippen molar-refractivity contribution >= 4 is 33.5 Å². The number of carbonyl (C=O) groups is 1. The summed E-state index contributed by atoms with van der Waals surface area (Å²) < 4.78 is 1.13. The highest BCUT2D eigenvalue weighted by atomic mass is 79.9. The lowest BCUT2D eigenvalue weighted by atomic mass is 9.94. The van der Waals surface area contributed by atoms with E-state index in [9.17, 15) is 4.79 Å². The second-order valence-electron chi connectivity index (χ2n) is 4.48. The lowest BCUT2D eigenvalue weighted by Gasteiger charge is -2.21. The molecule has 1 aromatic rings. The number of fused-ring (bicyclic) bond motifs is 2. The molecule has 0 aliphatic carbocycles. The Morgan fingerprint density at radius 3 is 3.00 bits per heavy atom. The molecule has 2 amide bonds. The van der Waals surface area contributed by atoms with Gasteiger partial charge in [-0.2, -0.15) is 0 Å². The molecule has 1 unspecified atom stereocenters. The molecule has 0 saturated carbocycles. The van der Waals surface area contributed by atoms with Gasteiger partial charge in [-0.1, -0.05) is 15.9 Å². The Morgan fingerprint density at radius 2 is 2.24 bits per heavy atom. The molecule has 2 N–H and O–H groups in total. The Hall–Kier alpha value is -1.36. The van der Waals surface area contributed by atoms with Crippen molar-refractivity contribution < 1.29 is 4.79 Å². The summed E-state index contributed by atoms with van der Waals surface area (Å²) in [5, 5.41) is 5.60. The maximum atomic E-state index is 11.3. The van der Waals surface area contributed by atoms with E-state index in [1.54, 1.807) is 0 Å². The Kier molecular flexibility index (Phi) is 2.26. The van der Waals surface area contributed by atoms with Gasteiger partial charge < -0.3 is 5.32 Å². The topological polar surface area (TPSA) is 53.5 Å². The number of nitrogens with zero attached hydrogens (tertiary/aromatic N) is 1. The minimum absolute atomic E-state index is 0.00306. The summed E-state index contributed by atoms with van der Waals surface area (Å²) in [5.41, 5.74) is 4.56. The van der Waals surface area contributed by atoms with Crippen LogP contribution < -0.4 is 10.6 Å². The third-order valence-electron chi connectivity index (χ3n) is 3.32. The molecule has 1 fully saturated rings. The average molecular weight is 294 g/mol. The van der Waals surface area contributed by atoms with E-state index in [2.05, 4.69) is 51.5 Å². The van der Waals surface area contributed by atoms with Crippen molar-refractivity contribution in [3.63, 3.8) is 0 Å². The molecule has 2 heterocycles. The third-order valence-corrected chi connectivity index (χ3v) is 4.54. The van der Waals surface area contributed by atoms with E-state index >= 15 is 0 Å². The van der Waals surface area contributed by atoms with Crippen LogP contribution in [0.15, 0.2) is 15.5 Å². The van der Waals surface area contributed by atoms with Crippen molar-refractivity contribution in [3.05, 3.63) is 27.2 Å². The fourth-order valence-electron chi connectivity index (χ4n) is 2.39. The van der Waals surface area contributed by atoms with E-state index in [4.69, 9.17) is 0 Å². The molecule has 1 saturated heterocycles. The van der Waals surface area contributed by atoms with Crippen LogP contribution in [-0.2, 0) is 6.42 Å². The van der Waals surface area contributed by atoms with E-state index < -0.39 is 0 Å². The molecule has 2 aliphatic heterocycles. The molecule has 5 heteroatoms. The van der Waals surface area contributed by atoms with Crippen molar-refractivity contribution in [2.45, 2.75) is 26.3 Å². The van der Waals surface area contributed by atoms with Gasteiger partial charge in [-0.05, 0) is 36.6 Å². The minimum Gasteiger partial charge on any atom is -0.328 e. The molecule has 4 nitrogen and oxygen atoms in total. The van der Waals surface area contributed by atoms with Crippen molar-refractivity contribution in [2.75, 3.05) is 0 Å². The van der Waals surface area contributed by atoms with Gasteiger partial charge in [-0.3, -0.25) is 5.32 Å². The van der Waals surface area contributed by atoms with Crippen molar-refractivity contribution in [3.8, 4) is 0 Å². The van der Waals surface area contributed by atoms with Crippen LogP contribution in [0.4, 0.5) is 10.5 Å². The predicted octanol–water partition coefficient (Wildman–Crippen LogP) is 2.33. The molecular formula is C12H12BrN3O. The number of amidine groups is 1. The van der Waals surface area contributed by atoms with E-state index in [0.29, 0.717) is 0 Å². The first kappa shape index (κ1) is 10.8.